The van der Waals surface area contributed by atoms with E-state index in [0.29, 0.717) is 11.1 Å². The number of halogens is 2. The summed E-state index contributed by atoms with van der Waals surface area (Å²) < 4.78 is 31.8. The van der Waals surface area contributed by atoms with Gasteiger partial charge in [0.25, 0.3) is 5.56 Å². The number of aliphatic carboxylic acids is 4. The molecule has 0 bridgehead atoms. The number of thiol groups is 1. The summed E-state index contributed by atoms with van der Waals surface area (Å²) in [4.78, 5) is 138. The average molecular weight is 1080 g/mol. The van der Waals surface area contributed by atoms with Gasteiger partial charge in [0.05, 0.1) is 25.1 Å². The zero-order valence-electron chi connectivity index (χ0n) is 40.7. The number of nitrogens with one attached hydrogen (secondary N) is 5. The van der Waals surface area contributed by atoms with Crippen molar-refractivity contribution in [1.29, 1.82) is 0 Å². The fourth-order valence-electron chi connectivity index (χ4n) is 7.59. The third kappa shape index (κ3) is 17.4. The lowest BCUT2D eigenvalue weighted by molar-refractivity contribution is -0.143. The molecule has 6 atom stereocenters. The first-order valence-corrected chi connectivity index (χ1v) is 23.9. The van der Waals surface area contributed by atoms with Gasteiger partial charge in [-0.15, -0.1) is 0 Å². The second-order valence-electron chi connectivity index (χ2n) is 17.3. The van der Waals surface area contributed by atoms with Gasteiger partial charge < -0.3 is 58.5 Å². The van der Waals surface area contributed by atoms with Crippen molar-refractivity contribution < 1.29 is 72.4 Å². The third-order valence-corrected chi connectivity index (χ3v) is 12.1. The van der Waals surface area contributed by atoms with Gasteiger partial charge in [0.2, 0.25) is 29.5 Å². The van der Waals surface area contributed by atoms with E-state index < -0.39 is 163 Å². The smallest absolute Gasteiger partial charge is 0.331 e. The molecule has 0 saturated heterocycles. The molecule has 5 amide bonds. The van der Waals surface area contributed by atoms with Crippen LogP contribution < -0.4 is 49.3 Å². The third-order valence-electron chi connectivity index (χ3n) is 11.8. The lowest BCUT2D eigenvalue weighted by Crippen LogP contribution is -2.57. The second-order valence-corrected chi connectivity index (χ2v) is 17.7. The van der Waals surface area contributed by atoms with Crippen LogP contribution in [0, 0.1) is 18.6 Å². The standard InChI is InChI=1S/C49H57F2N9O15S/c1-25-42(45(68)60(23-33(53)27-8-3-2-4-9-27)49(75)59(25)22-29-30(50)11-6-12-31(29)51)28-10-5-7-26(19-28)13-16-39(62)55-35(47(71)72)15-18-40(63)56-34(46(69)70)14-17-38(61)54-21-32(52)43(66)57-36(20-41(64)65)44(67)58-37(24-76)48(73)74/h2-12,19,32-37,76H,13-18,20-24,52-53H2,1H3,(H,54,61)(H,55,62)(H,56,63)(H,57,66)(H,58,67)(H,64,65)(H,69,70)(H,71,72)(H,73,74)/t32-,33?,34+,35-,36-,37-/m0/s1. The number of amides is 5. The van der Waals surface area contributed by atoms with Crippen LogP contribution in [0.1, 0.15) is 67.0 Å². The summed E-state index contributed by atoms with van der Waals surface area (Å²) in [5, 5.41) is 48.7. The Labute approximate surface area is 436 Å². The molecule has 1 unspecified atom stereocenters. The zero-order chi connectivity index (χ0) is 56.4. The molecular weight excluding hydrogens is 1020 g/mol. The normalized spacial score (nSPS) is 13.4. The van der Waals surface area contributed by atoms with Crippen LogP contribution in [0.25, 0.3) is 11.1 Å². The number of nitrogens with zero attached hydrogens (tertiary/aromatic N) is 2. The van der Waals surface area contributed by atoms with Crippen LogP contribution in [0.3, 0.4) is 0 Å². The van der Waals surface area contributed by atoms with Gasteiger partial charge in [0.1, 0.15) is 41.8 Å². The number of aromatic nitrogens is 2. The van der Waals surface area contributed by atoms with Crippen molar-refractivity contribution in [1.82, 2.24) is 35.7 Å². The number of nitrogens with two attached hydrogens (primary N) is 2. The molecule has 27 heteroatoms. The number of carbonyl (C=O) groups is 9. The Bertz CT molecular complexity index is 2920. The molecule has 3 aromatic carbocycles. The molecule has 4 rings (SSSR count). The number of hydrogen-bond donors (Lipinski definition) is 12. The lowest BCUT2D eigenvalue weighted by atomic mass is 10.00. The number of carboxylic acid groups (broad SMARTS) is 4. The SMILES string of the molecule is Cc1c(-c2cccc(CCC(=O)N[C@@H](CCC(=O)N[C@H](CCC(=O)NC[C@H](N)C(=O)N[C@@H](CC(=O)O)C(=O)N[C@@H](CS)C(=O)O)C(=O)O)C(=O)O)c2)c(=O)n(CC(N)c2ccccc2)c(=O)n1Cc1c(F)cccc1F. The Balaban J connectivity index is 1.35. The van der Waals surface area contributed by atoms with Crippen molar-refractivity contribution in [2.45, 2.75) is 101 Å². The van der Waals surface area contributed by atoms with Crippen molar-refractivity contribution in [3.05, 3.63) is 128 Å². The maximum absolute atomic E-state index is 14.9. The van der Waals surface area contributed by atoms with Crippen LogP contribution in [0.15, 0.2) is 82.4 Å². The molecule has 1 heterocycles. The summed E-state index contributed by atoms with van der Waals surface area (Å²) in [7, 11) is 0. The van der Waals surface area contributed by atoms with Crippen molar-refractivity contribution in [2.24, 2.45) is 11.5 Å². The van der Waals surface area contributed by atoms with E-state index in [2.05, 4.69) is 33.9 Å². The number of benzene rings is 3. The van der Waals surface area contributed by atoms with Gasteiger partial charge in [-0.2, -0.15) is 12.6 Å². The molecule has 1 aromatic heterocycles. The molecule has 0 aliphatic carbocycles. The fourth-order valence-corrected chi connectivity index (χ4v) is 7.84. The molecule has 4 aromatic rings. The molecule has 0 radical (unpaired) electrons. The number of hydrogen-bond acceptors (Lipinski definition) is 14. The molecule has 13 N–H and O–H groups in total. The van der Waals surface area contributed by atoms with Crippen molar-refractivity contribution in [3.63, 3.8) is 0 Å². The van der Waals surface area contributed by atoms with E-state index in [0.717, 1.165) is 21.3 Å². The van der Waals surface area contributed by atoms with Crippen LogP contribution in [0.5, 0.6) is 0 Å². The summed E-state index contributed by atoms with van der Waals surface area (Å²) in [6, 6.07) is 9.22. The highest BCUT2D eigenvalue weighted by atomic mass is 32.1. The van der Waals surface area contributed by atoms with Gasteiger partial charge in [-0.25, -0.2) is 28.0 Å². The van der Waals surface area contributed by atoms with Gasteiger partial charge in [0.15, 0.2) is 0 Å². The van der Waals surface area contributed by atoms with E-state index in [9.17, 15) is 71.7 Å². The number of carboxylic acids is 4. The molecule has 0 fully saturated rings. The summed E-state index contributed by atoms with van der Waals surface area (Å²) in [5.74, 6) is -13.1. The van der Waals surface area contributed by atoms with Gasteiger partial charge in [-0.1, -0.05) is 60.7 Å². The minimum atomic E-state index is -1.76. The predicted octanol–water partition coefficient (Wildman–Crippen LogP) is -0.454. The molecule has 76 heavy (non-hydrogen) atoms. The predicted molar refractivity (Wildman–Crippen MR) is 268 cm³/mol. The van der Waals surface area contributed by atoms with E-state index in [1.54, 1.807) is 54.6 Å². The van der Waals surface area contributed by atoms with Gasteiger partial charge in [0, 0.05) is 48.9 Å². The van der Waals surface area contributed by atoms with Gasteiger partial charge in [-0.05, 0) is 55.0 Å². The Hall–Kier alpha value is -8.30. The minimum absolute atomic E-state index is 0.00373. The molecule has 0 spiro atoms. The Morgan fingerprint density at radius 2 is 1.21 bits per heavy atom. The van der Waals surface area contributed by atoms with E-state index >= 15 is 0 Å². The van der Waals surface area contributed by atoms with Crippen molar-refractivity contribution >= 4 is 66.0 Å². The van der Waals surface area contributed by atoms with Crippen molar-refractivity contribution in [2.75, 3.05) is 12.3 Å². The highest BCUT2D eigenvalue weighted by Crippen LogP contribution is 2.23. The molecule has 24 nitrogen and oxygen atoms in total. The maximum atomic E-state index is 14.9. The largest absolute Gasteiger partial charge is 0.481 e. The van der Waals surface area contributed by atoms with Crippen LogP contribution in [0.2, 0.25) is 0 Å². The lowest BCUT2D eigenvalue weighted by Gasteiger charge is -2.21. The van der Waals surface area contributed by atoms with Crippen LogP contribution in [-0.2, 0) is 62.7 Å². The molecule has 408 valence electrons. The molecule has 0 aliphatic heterocycles. The first kappa shape index (κ1) is 60.3. The molecular formula is C49H57F2N9O15S. The van der Waals surface area contributed by atoms with Crippen LogP contribution >= 0.6 is 12.6 Å². The number of rotatable bonds is 29. The van der Waals surface area contributed by atoms with Gasteiger partial charge in [-0.3, -0.25) is 42.7 Å². The quantitative estimate of drug-likeness (QED) is 0.0306. The zero-order valence-corrected chi connectivity index (χ0v) is 41.6. The molecule has 0 saturated carbocycles. The van der Waals surface area contributed by atoms with Crippen molar-refractivity contribution in [3.8, 4) is 11.1 Å². The summed E-state index contributed by atoms with van der Waals surface area (Å²) >= 11 is 3.79. The fraction of sp³-hybridized carbons (Fsp3) is 0.367. The Kier molecular flexibility index (Phi) is 22.5. The highest BCUT2D eigenvalue weighted by Gasteiger charge is 2.30. The second kappa shape index (κ2) is 28.4. The minimum Gasteiger partial charge on any atom is -0.481 e. The first-order valence-electron chi connectivity index (χ1n) is 23.3. The monoisotopic (exact) mass is 1080 g/mol. The summed E-state index contributed by atoms with van der Waals surface area (Å²) in [6.07, 6.45) is -3.40. The molecule has 0 aliphatic rings. The maximum Gasteiger partial charge on any atom is 0.331 e. The summed E-state index contributed by atoms with van der Waals surface area (Å²) in [5.41, 5.74) is 11.6. The van der Waals surface area contributed by atoms with Crippen LogP contribution in [0.4, 0.5) is 8.78 Å². The van der Waals surface area contributed by atoms with Crippen LogP contribution in [-0.4, -0.2) is 125 Å². The first-order chi connectivity index (χ1) is 35.9. The van der Waals surface area contributed by atoms with E-state index in [4.69, 9.17) is 21.7 Å². The Morgan fingerprint density at radius 3 is 1.78 bits per heavy atom. The van der Waals surface area contributed by atoms with E-state index in [1.165, 1.54) is 13.0 Å². The van der Waals surface area contributed by atoms with Gasteiger partial charge >= 0.3 is 29.6 Å². The Morgan fingerprint density at radius 1 is 0.658 bits per heavy atom. The van der Waals surface area contributed by atoms with E-state index in [1.807, 2.05) is 5.32 Å². The van der Waals surface area contributed by atoms with E-state index in [-0.39, 0.29) is 42.0 Å². The average Bonchev–Trinajstić information content (AvgIpc) is 3.37. The summed E-state index contributed by atoms with van der Waals surface area (Å²) in [6.45, 7) is -0.0113. The topological polar surface area (TPSA) is 391 Å². The number of carbonyl (C=O) groups excluding carboxylic acids is 5. The highest BCUT2D eigenvalue weighted by molar-refractivity contribution is 7.80. The number of aryl methyl sites for hydroxylation is 1.